The maximum absolute atomic E-state index is 12.0. The van der Waals surface area contributed by atoms with Gasteiger partial charge in [0.25, 0.3) is 5.91 Å². The summed E-state index contributed by atoms with van der Waals surface area (Å²) in [5, 5.41) is 3.01. The van der Waals surface area contributed by atoms with Gasteiger partial charge in [0.05, 0.1) is 7.11 Å². The zero-order chi connectivity index (χ0) is 15.9. The van der Waals surface area contributed by atoms with Gasteiger partial charge in [-0.3, -0.25) is 9.59 Å². The first-order valence-electron chi connectivity index (χ1n) is 7.67. The second-order valence-electron chi connectivity index (χ2n) is 5.84. The summed E-state index contributed by atoms with van der Waals surface area (Å²) in [6, 6.07) is 5.11. The number of aldehydes is 1. The van der Waals surface area contributed by atoms with Gasteiger partial charge in [-0.25, -0.2) is 0 Å². The maximum Gasteiger partial charge on any atom is 0.258 e. The smallest absolute Gasteiger partial charge is 0.258 e. The number of rotatable bonds is 6. The largest absolute Gasteiger partial charge is 0.493 e. The van der Waals surface area contributed by atoms with Gasteiger partial charge in [-0.05, 0) is 49.8 Å². The Bertz CT molecular complexity index is 521. The van der Waals surface area contributed by atoms with Crippen molar-refractivity contribution < 1.29 is 19.1 Å². The van der Waals surface area contributed by atoms with Gasteiger partial charge in [0.15, 0.2) is 18.1 Å². The quantitative estimate of drug-likeness (QED) is 0.820. The third kappa shape index (κ3) is 4.48. The van der Waals surface area contributed by atoms with Gasteiger partial charge in [-0.2, -0.15) is 0 Å². The molecule has 120 valence electrons. The molecule has 0 unspecified atom stereocenters. The van der Waals surface area contributed by atoms with Gasteiger partial charge in [-0.15, -0.1) is 0 Å². The van der Waals surface area contributed by atoms with Crippen LogP contribution < -0.4 is 14.8 Å². The van der Waals surface area contributed by atoms with Gasteiger partial charge < -0.3 is 14.8 Å². The Balaban J connectivity index is 1.84. The molecule has 1 fully saturated rings. The first-order valence-corrected chi connectivity index (χ1v) is 7.67. The van der Waals surface area contributed by atoms with Crippen LogP contribution in [0.15, 0.2) is 18.2 Å². The standard InChI is InChI=1S/C17H23NO4/c1-12-3-6-14(7-4-12)18-17(20)11-22-15-8-5-13(10-19)9-16(15)21-2/h5,8-10,12,14H,3-4,6-7,11H2,1-2H3,(H,18,20). The predicted molar refractivity (Wildman–Crippen MR) is 83.4 cm³/mol. The van der Waals surface area contributed by atoms with Crippen LogP contribution in [0.3, 0.4) is 0 Å². The van der Waals surface area contributed by atoms with Gasteiger partial charge in [0, 0.05) is 11.6 Å². The van der Waals surface area contributed by atoms with Crippen molar-refractivity contribution in [1.82, 2.24) is 5.32 Å². The molecule has 0 heterocycles. The molecular formula is C17H23NO4. The average Bonchev–Trinajstić information content (AvgIpc) is 2.55. The van der Waals surface area contributed by atoms with Crippen molar-refractivity contribution >= 4 is 12.2 Å². The number of carbonyl (C=O) groups is 2. The SMILES string of the molecule is COc1cc(C=O)ccc1OCC(=O)NC1CCC(C)CC1. The fraction of sp³-hybridized carbons (Fsp3) is 0.529. The van der Waals surface area contributed by atoms with Crippen molar-refractivity contribution in [2.45, 2.75) is 38.6 Å². The van der Waals surface area contributed by atoms with E-state index in [1.54, 1.807) is 18.2 Å². The summed E-state index contributed by atoms with van der Waals surface area (Å²) in [5.74, 6) is 1.54. The third-order valence-electron chi connectivity index (χ3n) is 4.06. The highest BCUT2D eigenvalue weighted by Crippen LogP contribution is 2.27. The minimum absolute atomic E-state index is 0.0527. The fourth-order valence-corrected chi connectivity index (χ4v) is 2.69. The Morgan fingerprint density at radius 2 is 2.00 bits per heavy atom. The van der Waals surface area contributed by atoms with Crippen LogP contribution >= 0.6 is 0 Å². The molecule has 0 aromatic heterocycles. The molecule has 1 aromatic carbocycles. The fourth-order valence-electron chi connectivity index (χ4n) is 2.69. The lowest BCUT2D eigenvalue weighted by Gasteiger charge is -2.26. The van der Waals surface area contributed by atoms with Crippen LogP contribution in [0, 0.1) is 5.92 Å². The Hall–Kier alpha value is -2.04. The molecule has 2 rings (SSSR count). The maximum atomic E-state index is 12.0. The number of hydrogen-bond acceptors (Lipinski definition) is 4. The van der Waals surface area contributed by atoms with Crippen molar-refractivity contribution in [2.24, 2.45) is 5.92 Å². The van der Waals surface area contributed by atoms with Crippen LogP contribution in [0.1, 0.15) is 43.0 Å². The molecule has 0 spiro atoms. The van der Waals surface area contributed by atoms with E-state index < -0.39 is 0 Å². The van der Waals surface area contributed by atoms with Crippen LogP contribution in [0.4, 0.5) is 0 Å². The molecule has 22 heavy (non-hydrogen) atoms. The molecule has 1 N–H and O–H groups in total. The first-order chi connectivity index (χ1) is 10.6. The van der Waals surface area contributed by atoms with E-state index in [-0.39, 0.29) is 18.6 Å². The molecule has 0 atom stereocenters. The summed E-state index contributed by atoms with van der Waals surface area (Å²) >= 11 is 0. The van der Waals surface area contributed by atoms with Gasteiger partial charge in [0.1, 0.15) is 6.29 Å². The molecule has 0 aliphatic heterocycles. The number of nitrogens with one attached hydrogen (secondary N) is 1. The van der Waals surface area contributed by atoms with Crippen LogP contribution in [0.25, 0.3) is 0 Å². The highest BCUT2D eigenvalue weighted by molar-refractivity contribution is 5.78. The molecule has 1 saturated carbocycles. The average molecular weight is 305 g/mol. The molecule has 0 radical (unpaired) electrons. The summed E-state index contributed by atoms with van der Waals surface area (Å²) in [7, 11) is 1.50. The lowest BCUT2D eigenvalue weighted by Crippen LogP contribution is -2.39. The number of ether oxygens (including phenoxy) is 2. The van der Waals surface area contributed by atoms with Crippen molar-refractivity contribution in [3.63, 3.8) is 0 Å². The Morgan fingerprint density at radius 3 is 2.64 bits per heavy atom. The normalized spacial score (nSPS) is 21.0. The molecule has 0 saturated heterocycles. The summed E-state index contributed by atoms with van der Waals surface area (Å²) in [4.78, 5) is 22.7. The van der Waals surface area contributed by atoms with E-state index in [1.165, 1.54) is 7.11 Å². The summed E-state index contributed by atoms with van der Waals surface area (Å²) in [6.45, 7) is 2.19. The number of methoxy groups -OCH3 is 1. The lowest BCUT2D eigenvalue weighted by atomic mass is 9.87. The zero-order valence-corrected chi connectivity index (χ0v) is 13.1. The first kappa shape index (κ1) is 16.3. The molecule has 1 aromatic rings. The van der Waals surface area contributed by atoms with Gasteiger partial charge in [0.2, 0.25) is 0 Å². The van der Waals surface area contributed by atoms with E-state index in [0.29, 0.717) is 17.1 Å². The monoisotopic (exact) mass is 305 g/mol. The Kier molecular flexibility index (Phi) is 5.81. The van der Waals surface area contributed by atoms with E-state index >= 15 is 0 Å². The highest BCUT2D eigenvalue weighted by Gasteiger charge is 2.20. The molecule has 5 heteroatoms. The molecule has 0 bridgehead atoms. The van der Waals surface area contributed by atoms with Crippen LogP contribution in [0.2, 0.25) is 0 Å². The third-order valence-corrected chi connectivity index (χ3v) is 4.06. The summed E-state index contributed by atoms with van der Waals surface area (Å²) in [5.41, 5.74) is 0.505. The van der Waals surface area contributed by atoms with Crippen LogP contribution in [-0.2, 0) is 4.79 Å². The second-order valence-corrected chi connectivity index (χ2v) is 5.84. The van der Waals surface area contributed by atoms with Crippen LogP contribution in [0.5, 0.6) is 11.5 Å². The van der Waals surface area contributed by atoms with E-state index in [0.717, 1.165) is 37.9 Å². The van der Waals surface area contributed by atoms with Crippen LogP contribution in [-0.4, -0.2) is 32.0 Å². The second kappa shape index (κ2) is 7.82. The van der Waals surface area contributed by atoms with E-state index in [1.807, 2.05) is 0 Å². The lowest BCUT2D eigenvalue weighted by molar-refractivity contribution is -0.124. The van der Waals surface area contributed by atoms with Crippen molar-refractivity contribution in [1.29, 1.82) is 0 Å². The number of hydrogen-bond donors (Lipinski definition) is 1. The van der Waals surface area contributed by atoms with E-state index in [9.17, 15) is 9.59 Å². The summed E-state index contributed by atoms with van der Waals surface area (Å²) in [6.07, 6.45) is 5.12. The van der Waals surface area contributed by atoms with Gasteiger partial charge >= 0.3 is 0 Å². The molecule has 5 nitrogen and oxygen atoms in total. The highest BCUT2D eigenvalue weighted by atomic mass is 16.5. The van der Waals surface area contributed by atoms with Crippen molar-refractivity contribution in [3.05, 3.63) is 23.8 Å². The minimum Gasteiger partial charge on any atom is -0.493 e. The topological polar surface area (TPSA) is 64.6 Å². The minimum atomic E-state index is -0.124. The Labute approximate surface area is 131 Å². The van der Waals surface area contributed by atoms with Crippen molar-refractivity contribution in [2.75, 3.05) is 13.7 Å². The molecule has 1 amide bonds. The number of amides is 1. The number of benzene rings is 1. The summed E-state index contributed by atoms with van der Waals surface area (Å²) < 4.78 is 10.7. The van der Waals surface area contributed by atoms with E-state index in [2.05, 4.69) is 12.2 Å². The predicted octanol–water partition coefficient (Wildman–Crippen LogP) is 2.58. The molecule has 1 aliphatic carbocycles. The Morgan fingerprint density at radius 1 is 1.27 bits per heavy atom. The van der Waals surface area contributed by atoms with E-state index in [4.69, 9.17) is 9.47 Å². The zero-order valence-electron chi connectivity index (χ0n) is 13.1. The van der Waals surface area contributed by atoms with Crippen molar-refractivity contribution in [3.8, 4) is 11.5 Å². The molecular weight excluding hydrogens is 282 g/mol. The number of carbonyl (C=O) groups excluding carboxylic acids is 2. The van der Waals surface area contributed by atoms with Gasteiger partial charge in [-0.1, -0.05) is 6.92 Å². The molecule has 1 aliphatic rings.